The highest BCUT2D eigenvalue weighted by atomic mass is 16.5. The minimum Gasteiger partial charge on any atom is -0.468 e. The molecule has 2 aromatic heterocycles. The summed E-state index contributed by atoms with van der Waals surface area (Å²) in [6.45, 7) is 6.39. The summed E-state index contributed by atoms with van der Waals surface area (Å²) in [6.07, 6.45) is 7.30. The van der Waals surface area contributed by atoms with E-state index in [9.17, 15) is 0 Å². The zero-order chi connectivity index (χ0) is 16.9. The Bertz CT molecular complexity index is 631. The van der Waals surface area contributed by atoms with Gasteiger partial charge in [-0.15, -0.1) is 0 Å². The minimum absolute atomic E-state index is 0.475. The van der Waals surface area contributed by atoms with Gasteiger partial charge in [-0.3, -0.25) is 4.90 Å². The third-order valence-electron chi connectivity index (χ3n) is 5.36. The monoisotopic (exact) mass is 344 g/mol. The molecule has 4 rings (SSSR count). The Kier molecular flexibility index (Phi) is 5.55. The lowest BCUT2D eigenvalue weighted by molar-refractivity contribution is 0.0159. The molecule has 2 aliphatic heterocycles. The third-order valence-corrected chi connectivity index (χ3v) is 5.36. The predicted octanol–water partition coefficient (Wildman–Crippen LogP) is 3.47. The van der Waals surface area contributed by atoms with E-state index in [1.807, 2.05) is 6.07 Å². The van der Waals surface area contributed by atoms with Crippen LogP contribution in [-0.4, -0.2) is 42.4 Å². The van der Waals surface area contributed by atoms with Gasteiger partial charge in [-0.1, -0.05) is 0 Å². The van der Waals surface area contributed by atoms with Crippen LogP contribution in [0.25, 0.3) is 0 Å². The molecule has 2 aromatic rings. The minimum atomic E-state index is 0.475. The van der Waals surface area contributed by atoms with E-state index in [0.29, 0.717) is 12.0 Å². The zero-order valence-electron chi connectivity index (χ0n) is 14.8. The molecule has 0 amide bonds. The summed E-state index contributed by atoms with van der Waals surface area (Å²) in [4.78, 5) is 2.47. The number of hydrogen-bond donors (Lipinski definition) is 0. The number of hydrogen-bond acceptors (Lipinski definition) is 4. The van der Waals surface area contributed by atoms with E-state index < -0.39 is 0 Å². The Morgan fingerprint density at radius 2 is 2.08 bits per heavy atom. The van der Waals surface area contributed by atoms with Crippen molar-refractivity contribution in [2.45, 2.75) is 38.4 Å². The van der Waals surface area contributed by atoms with Gasteiger partial charge in [-0.05, 0) is 49.4 Å². The lowest BCUT2D eigenvalue weighted by Crippen LogP contribution is -2.37. The van der Waals surface area contributed by atoms with Crippen molar-refractivity contribution in [3.05, 3.63) is 48.2 Å². The Morgan fingerprint density at radius 1 is 1.16 bits per heavy atom. The molecule has 0 N–H and O–H groups in total. The van der Waals surface area contributed by atoms with Gasteiger partial charge in [0.2, 0.25) is 0 Å². The normalized spacial score (nSPS) is 22.2. The van der Waals surface area contributed by atoms with E-state index >= 15 is 0 Å². The zero-order valence-corrected chi connectivity index (χ0v) is 14.8. The van der Waals surface area contributed by atoms with Crippen molar-refractivity contribution in [2.24, 2.45) is 5.92 Å². The van der Waals surface area contributed by atoms with E-state index in [-0.39, 0.29) is 0 Å². The molecule has 0 aromatic carbocycles. The molecule has 0 bridgehead atoms. The first-order chi connectivity index (χ1) is 12.4. The molecule has 136 valence electrons. The molecule has 25 heavy (non-hydrogen) atoms. The van der Waals surface area contributed by atoms with E-state index in [2.05, 4.69) is 33.9 Å². The van der Waals surface area contributed by atoms with Crippen molar-refractivity contribution in [2.75, 3.05) is 33.0 Å². The van der Waals surface area contributed by atoms with Crippen LogP contribution < -0.4 is 0 Å². The molecule has 0 radical (unpaired) electrons. The van der Waals surface area contributed by atoms with Crippen molar-refractivity contribution in [3.8, 4) is 0 Å². The van der Waals surface area contributed by atoms with Gasteiger partial charge in [0.05, 0.1) is 12.8 Å². The van der Waals surface area contributed by atoms with Crippen LogP contribution in [0.5, 0.6) is 0 Å². The molecule has 5 nitrogen and oxygen atoms in total. The number of aromatic nitrogens is 1. The van der Waals surface area contributed by atoms with Gasteiger partial charge in [0.25, 0.3) is 0 Å². The van der Waals surface area contributed by atoms with Gasteiger partial charge in [-0.25, -0.2) is 0 Å². The Morgan fingerprint density at radius 3 is 2.92 bits per heavy atom. The van der Waals surface area contributed by atoms with Gasteiger partial charge in [0.1, 0.15) is 5.76 Å². The van der Waals surface area contributed by atoms with Gasteiger partial charge < -0.3 is 18.5 Å². The number of furan rings is 1. The molecule has 4 heterocycles. The smallest absolute Gasteiger partial charge is 0.117 e. The Labute approximate surface area is 149 Å². The maximum absolute atomic E-state index is 6.00. The van der Waals surface area contributed by atoms with Crippen LogP contribution in [0.3, 0.4) is 0 Å². The molecule has 0 aliphatic carbocycles. The number of nitrogens with zero attached hydrogens (tertiary/aromatic N) is 2. The molecule has 1 atom stereocenters. The standard InChI is InChI=1S/C20H28N2O3/c1-3-18-13-21(15-20-4-2-9-25-20)14-19(22(18)8-1)7-12-24-16-17-5-10-23-11-6-17/h1-4,8-9,17,19H,5-7,10-16H2. The summed E-state index contributed by atoms with van der Waals surface area (Å²) in [7, 11) is 0. The molecule has 1 saturated heterocycles. The highest BCUT2D eigenvalue weighted by molar-refractivity contribution is 5.12. The largest absolute Gasteiger partial charge is 0.468 e. The average Bonchev–Trinajstić information content (AvgIpc) is 3.31. The average molecular weight is 344 g/mol. The van der Waals surface area contributed by atoms with Gasteiger partial charge in [0.15, 0.2) is 0 Å². The summed E-state index contributed by atoms with van der Waals surface area (Å²) in [5.74, 6) is 1.72. The Balaban J connectivity index is 1.29. The van der Waals surface area contributed by atoms with Gasteiger partial charge in [0, 0.05) is 57.4 Å². The molecule has 1 fully saturated rings. The van der Waals surface area contributed by atoms with Crippen molar-refractivity contribution in [3.63, 3.8) is 0 Å². The quantitative estimate of drug-likeness (QED) is 0.721. The van der Waals surface area contributed by atoms with Crippen molar-refractivity contribution < 1.29 is 13.9 Å². The van der Waals surface area contributed by atoms with Crippen LogP contribution in [-0.2, 0) is 22.6 Å². The first kappa shape index (κ1) is 16.9. The van der Waals surface area contributed by atoms with E-state index in [4.69, 9.17) is 13.9 Å². The predicted molar refractivity (Wildman–Crippen MR) is 95.3 cm³/mol. The summed E-state index contributed by atoms with van der Waals surface area (Å²) >= 11 is 0. The van der Waals surface area contributed by atoms with Gasteiger partial charge in [-0.2, -0.15) is 0 Å². The van der Waals surface area contributed by atoms with Crippen molar-refractivity contribution in [1.82, 2.24) is 9.47 Å². The lowest BCUT2D eigenvalue weighted by atomic mass is 10.0. The van der Waals surface area contributed by atoms with E-state index in [1.54, 1.807) is 6.26 Å². The fourth-order valence-corrected chi connectivity index (χ4v) is 3.96. The van der Waals surface area contributed by atoms with E-state index in [1.165, 1.54) is 5.69 Å². The molecule has 5 heteroatoms. The van der Waals surface area contributed by atoms with Crippen LogP contribution >= 0.6 is 0 Å². The third kappa shape index (κ3) is 4.35. The molecule has 1 unspecified atom stereocenters. The summed E-state index contributed by atoms with van der Waals surface area (Å²) in [5, 5.41) is 0. The maximum Gasteiger partial charge on any atom is 0.117 e. The molecule has 2 aliphatic rings. The van der Waals surface area contributed by atoms with Crippen LogP contribution in [0.1, 0.15) is 36.8 Å². The van der Waals surface area contributed by atoms with Gasteiger partial charge >= 0.3 is 0 Å². The Hall–Kier alpha value is -1.56. The fourth-order valence-electron chi connectivity index (χ4n) is 3.96. The summed E-state index contributed by atoms with van der Waals surface area (Å²) < 4.78 is 19.4. The second-order valence-electron chi connectivity index (χ2n) is 7.23. The number of ether oxygens (including phenoxy) is 2. The SMILES string of the molecule is c1coc(CN2Cc3cccn3C(CCOCC3CCOCC3)C2)c1. The topological polar surface area (TPSA) is 39.8 Å². The van der Waals surface area contributed by atoms with Crippen molar-refractivity contribution >= 4 is 0 Å². The van der Waals surface area contributed by atoms with Crippen LogP contribution in [0, 0.1) is 5.92 Å². The number of rotatable bonds is 7. The maximum atomic E-state index is 6.00. The summed E-state index contributed by atoms with van der Waals surface area (Å²) in [5.41, 5.74) is 1.38. The lowest BCUT2D eigenvalue weighted by Gasteiger charge is -2.34. The highest BCUT2D eigenvalue weighted by Gasteiger charge is 2.25. The molecular weight excluding hydrogens is 316 g/mol. The summed E-state index contributed by atoms with van der Waals surface area (Å²) in [6, 6.07) is 8.87. The van der Waals surface area contributed by atoms with Crippen LogP contribution in [0.15, 0.2) is 41.1 Å². The second kappa shape index (κ2) is 8.21. The fraction of sp³-hybridized carbons (Fsp3) is 0.600. The molecule has 0 spiro atoms. The van der Waals surface area contributed by atoms with E-state index in [0.717, 1.165) is 71.1 Å². The molecular formula is C20H28N2O3. The van der Waals surface area contributed by atoms with Crippen LogP contribution in [0.2, 0.25) is 0 Å². The first-order valence-electron chi connectivity index (χ1n) is 9.44. The first-order valence-corrected chi connectivity index (χ1v) is 9.44. The highest BCUT2D eigenvalue weighted by Crippen LogP contribution is 2.26. The number of fused-ring (bicyclic) bond motifs is 1. The van der Waals surface area contributed by atoms with Crippen molar-refractivity contribution in [1.29, 1.82) is 0 Å². The second-order valence-corrected chi connectivity index (χ2v) is 7.23. The van der Waals surface area contributed by atoms with Crippen LogP contribution in [0.4, 0.5) is 0 Å². The molecule has 0 saturated carbocycles.